The fraction of sp³-hybridized carbons (Fsp3) is 0.238. The summed E-state index contributed by atoms with van der Waals surface area (Å²) in [6.45, 7) is 5.29. The number of hydrogen-bond donors (Lipinski definition) is 1. The second-order valence-corrected chi connectivity index (χ2v) is 8.55. The van der Waals surface area contributed by atoms with Crippen molar-refractivity contribution in [2.75, 3.05) is 4.90 Å². The smallest absolute Gasteiger partial charge is 0.295 e. The van der Waals surface area contributed by atoms with Crippen LogP contribution in [0.3, 0.4) is 0 Å². The Hall–Kier alpha value is -3.26. The van der Waals surface area contributed by atoms with Crippen molar-refractivity contribution < 1.29 is 19.2 Å². The lowest BCUT2D eigenvalue weighted by Gasteiger charge is -2.27. The first kappa shape index (κ1) is 19.1. The minimum Gasteiger partial charge on any atom is -0.503 e. The van der Waals surface area contributed by atoms with Crippen LogP contribution in [0.1, 0.15) is 32.4 Å². The Labute approximate surface area is 171 Å². The summed E-state index contributed by atoms with van der Waals surface area (Å²) in [5.74, 6) is -1.11. The van der Waals surface area contributed by atoms with Crippen molar-refractivity contribution in [2.24, 2.45) is 5.41 Å². The number of nitrogens with zero attached hydrogens (tertiary/aromatic N) is 3. The highest BCUT2D eigenvalue weighted by molar-refractivity contribution is 7.08. The maximum Gasteiger partial charge on any atom is 0.295 e. The van der Waals surface area contributed by atoms with E-state index in [0.29, 0.717) is 11.5 Å². The van der Waals surface area contributed by atoms with E-state index in [2.05, 4.69) is 10.1 Å². The van der Waals surface area contributed by atoms with Gasteiger partial charge in [-0.05, 0) is 34.5 Å². The number of anilines is 1. The van der Waals surface area contributed by atoms with Crippen LogP contribution < -0.4 is 4.90 Å². The number of aromatic nitrogens is 2. The van der Waals surface area contributed by atoms with E-state index in [1.165, 1.54) is 22.5 Å². The van der Waals surface area contributed by atoms with Crippen LogP contribution in [0.4, 0.5) is 5.82 Å². The highest BCUT2D eigenvalue weighted by Gasteiger charge is 2.47. The highest BCUT2D eigenvalue weighted by atomic mass is 32.1. The lowest BCUT2D eigenvalue weighted by Crippen LogP contribution is -2.33. The Balaban J connectivity index is 1.79. The van der Waals surface area contributed by atoms with Gasteiger partial charge in [0.15, 0.2) is 11.5 Å². The zero-order chi connectivity index (χ0) is 20.8. The monoisotopic (exact) mass is 409 g/mol. The fourth-order valence-electron chi connectivity index (χ4n) is 3.27. The number of ketones is 1. The number of aliphatic hydroxyl groups excluding tert-OH is 1. The lowest BCUT2D eigenvalue weighted by atomic mass is 9.82. The Morgan fingerprint density at radius 2 is 2.03 bits per heavy atom. The van der Waals surface area contributed by atoms with Crippen LogP contribution in [-0.4, -0.2) is 26.9 Å². The number of aliphatic hydroxyl groups is 1. The molecule has 1 aliphatic heterocycles. The number of amides is 1. The van der Waals surface area contributed by atoms with Gasteiger partial charge in [-0.1, -0.05) is 25.9 Å². The van der Waals surface area contributed by atoms with Gasteiger partial charge in [0.1, 0.15) is 17.8 Å². The van der Waals surface area contributed by atoms with Gasteiger partial charge in [-0.3, -0.25) is 14.5 Å². The van der Waals surface area contributed by atoms with Crippen LogP contribution >= 0.6 is 11.3 Å². The van der Waals surface area contributed by atoms with Crippen molar-refractivity contribution in [3.05, 3.63) is 64.4 Å². The molecule has 1 aliphatic rings. The van der Waals surface area contributed by atoms with E-state index >= 15 is 0 Å². The van der Waals surface area contributed by atoms with Gasteiger partial charge in [-0.2, -0.15) is 11.3 Å². The van der Waals surface area contributed by atoms with Gasteiger partial charge in [0.25, 0.3) is 5.91 Å². The highest BCUT2D eigenvalue weighted by Crippen LogP contribution is 2.43. The molecule has 3 aromatic rings. The molecule has 0 spiro atoms. The SMILES string of the molecule is CC(C)(C)C(=O)C1=C(O)C(=O)N(c2ccc(-c3ccon3)cn2)C1c1ccsc1. The molecule has 8 heteroatoms. The molecule has 0 aliphatic carbocycles. The molecule has 1 unspecified atom stereocenters. The Morgan fingerprint density at radius 3 is 2.59 bits per heavy atom. The second-order valence-electron chi connectivity index (χ2n) is 7.77. The zero-order valence-electron chi connectivity index (χ0n) is 16.1. The topological polar surface area (TPSA) is 96.5 Å². The number of Topliss-reactive ketones (excluding diaryl/α,β-unsaturated/α-hetero) is 1. The van der Waals surface area contributed by atoms with Crippen molar-refractivity contribution in [1.82, 2.24) is 10.1 Å². The van der Waals surface area contributed by atoms with E-state index < -0.39 is 23.1 Å². The second kappa shape index (κ2) is 6.97. The molecule has 148 valence electrons. The lowest BCUT2D eigenvalue weighted by molar-refractivity contribution is -0.123. The van der Waals surface area contributed by atoms with Crippen molar-refractivity contribution in [2.45, 2.75) is 26.8 Å². The average molecular weight is 409 g/mol. The molecule has 1 N–H and O–H groups in total. The Bertz CT molecular complexity index is 1080. The van der Waals surface area contributed by atoms with Crippen molar-refractivity contribution in [1.29, 1.82) is 0 Å². The Kier molecular flexibility index (Phi) is 4.58. The number of rotatable bonds is 4. The average Bonchev–Trinajstić information content (AvgIpc) is 3.43. The quantitative estimate of drug-likeness (QED) is 0.690. The third kappa shape index (κ3) is 3.25. The largest absolute Gasteiger partial charge is 0.503 e. The summed E-state index contributed by atoms with van der Waals surface area (Å²) in [6.07, 6.45) is 3.04. The molecule has 0 bridgehead atoms. The molecular formula is C21H19N3O4S. The van der Waals surface area contributed by atoms with Gasteiger partial charge >= 0.3 is 0 Å². The minimum atomic E-state index is -0.752. The van der Waals surface area contributed by atoms with Gasteiger partial charge in [0.05, 0.1) is 11.6 Å². The predicted octanol–water partition coefficient (Wildman–Crippen LogP) is 4.31. The van der Waals surface area contributed by atoms with Gasteiger partial charge in [-0.25, -0.2) is 4.98 Å². The van der Waals surface area contributed by atoms with Crippen molar-refractivity contribution >= 4 is 28.8 Å². The van der Waals surface area contributed by atoms with E-state index in [1.54, 1.807) is 45.2 Å². The van der Waals surface area contributed by atoms with Gasteiger partial charge in [-0.15, -0.1) is 0 Å². The first-order valence-corrected chi connectivity index (χ1v) is 9.93. The standard InChI is InChI=1S/C21H19N3O4S/c1-21(2,3)19(26)16-17(13-7-9-29-11-13)24(20(27)18(16)25)15-5-4-12(10-22-15)14-6-8-28-23-14/h4-11,17,25H,1-3H3. The summed E-state index contributed by atoms with van der Waals surface area (Å²) in [5, 5.41) is 18.2. The number of carbonyl (C=O) groups is 2. The van der Waals surface area contributed by atoms with Gasteiger partial charge < -0.3 is 9.63 Å². The minimum absolute atomic E-state index is 0.100. The van der Waals surface area contributed by atoms with Crippen LogP contribution in [-0.2, 0) is 9.59 Å². The maximum atomic E-state index is 13.1. The third-order valence-corrected chi connectivity index (χ3v) is 5.42. The molecular weight excluding hydrogens is 390 g/mol. The Morgan fingerprint density at radius 1 is 1.24 bits per heavy atom. The summed E-state index contributed by atoms with van der Waals surface area (Å²) < 4.78 is 4.85. The number of thiophene rings is 1. The molecule has 1 atom stereocenters. The number of pyridine rings is 1. The summed E-state index contributed by atoms with van der Waals surface area (Å²) in [4.78, 5) is 31.8. The molecule has 0 radical (unpaired) electrons. The third-order valence-electron chi connectivity index (χ3n) is 4.72. The van der Waals surface area contributed by atoms with Crippen LogP contribution in [0.15, 0.2) is 63.3 Å². The van der Waals surface area contributed by atoms with E-state index in [9.17, 15) is 14.7 Å². The first-order chi connectivity index (χ1) is 13.8. The zero-order valence-corrected chi connectivity index (χ0v) is 16.9. The first-order valence-electron chi connectivity index (χ1n) is 8.99. The molecule has 4 heterocycles. The predicted molar refractivity (Wildman–Crippen MR) is 108 cm³/mol. The van der Waals surface area contributed by atoms with Crippen LogP contribution in [0.2, 0.25) is 0 Å². The van der Waals surface area contributed by atoms with E-state index in [-0.39, 0.29) is 11.4 Å². The fourth-order valence-corrected chi connectivity index (χ4v) is 3.94. The molecule has 0 saturated heterocycles. The molecule has 1 amide bonds. The molecule has 0 saturated carbocycles. The number of carbonyl (C=O) groups excluding carboxylic acids is 2. The van der Waals surface area contributed by atoms with Crippen LogP contribution in [0, 0.1) is 5.41 Å². The van der Waals surface area contributed by atoms with E-state index in [0.717, 1.165) is 11.1 Å². The van der Waals surface area contributed by atoms with E-state index in [1.807, 2.05) is 16.8 Å². The molecule has 3 aromatic heterocycles. The molecule has 7 nitrogen and oxygen atoms in total. The molecule has 0 aromatic carbocycles. The normalized spacial score (nSPS) is 17.3. The molecule has 0 fully saturated rings. The number of hydrogen-bond acceptors (Lipinski definition) is 7. The summed E-state index contributed by atoms with van der Waals surface area (Å²) in [5.41, 5.74) is 1.45. The summed E-state index contributed by atoms with van der Waals surface area (Å²) in [7, 11) is 0. The summed E-state index contributed by atoms with van der Waals surface area (Å²) >= 11 is 1.46. The van der Waals surface area contributed by atoms with Crippen LogP contribution in [0.5, 0.6) is 0 Å². The van der Waals surface area contributed by atoms with Gasteiger partial charge in [0.2, 0.25) is 0 Å². The van der Waals surface area contributed by atoms with E-state index in [4.69, 9.17) is 4.52 Å². The molecule has 29 heavy (non-hydrogen) atoms. The summed E-state index contributed by atoms with van der Waals surface area (Å²) in [6, 6.07) is 6.25. The van der Waals surface area contributed by atoms with Crippen molar-refractivity contribution in [3.63, 3.8) is 0 Å². The van der Waals surface area contributed by atoms with Crippen LogP contribution in [0.25, 0.3) is 11.3 Å². The molecule has 4 rings (SSSR count). The van der Waals surface area contributed by atoms with Gasteiger partial charge in [0, 0.05) is 23.2 Å². The maximum absolute atomic E-state index is 13.1. The van der Waals surface area contributed by atoms with Crippen molar-refractivity contribution in [3.8, 4) is 11.3 Å².